The van der Waals surface area contributed by atoms with Gasteiger partial charge in [-0.15, -0.1) is 0 Å². The molecule has 7 heteroatoms. The zero-order chi connectivity index (χ0) is 19.0. The van der Waals surface area contributed by atoms with E-state index in [1.807, 2.05) is 43.1 Å². The van der Waals surface area contributed by atoms with E-state index in [-0.39, 0.29) is 5.91 Å². The molecule has 1 amide bonds. The Morgan fingerprint density at radius 1 is 1.41 bits per heavy atom. The van der Waals surface area contributed by atoms with E-state index in [9.17, 15) is 4.79 Å². The molecule has 3 heterocycles. The van der Waals surface area contributed by atoms with Crippen molar-refractivity contribution < 1.29 is 9.32 Å². The van der Waals surface area contributed by atoms with Gasteiger partial charge in [-0.2, -0.15) is 0 Å². The SMILES string of the molecule is CNC[C@@H]1CCN(C(=O)c2cc(-c3cccc(Cl)c3)nc3onc(C)c23)C1. The Morgan fingerprint density at radius 3 is 3.04 bits per heavy atom. The quantitative estimate of drug-likeness (QED) is 0.745. The Balaban J connectivity index is 1.77. The van der Waals surface area contributed by atoms with E-state index in [1.54, 1.807) is 6.07 Å². The van der Waals surface area contributed by atoms with E-state index in [4.69, 9.17) is 16.1 Å². The summed E-state index contributed by atoms with van der Waals surface area (Å²) < 4.78 is 5.38. The van der Waals surface area contributed by atoms with Gasteiger partial charge >= 0.3 is 0 Å². The second-order valence-electron chi connectivity index (χ2n) is 6.98. The normalized spacial score (nSPS) is 17.0. The molecule has 1 aliphatic heterocycles. The fourth-order valence-corrected chi connectivity index (χ4v) is 3.89. The molecule has 1 saturated heterocycles. The van der Waals surface area contributed by atoms with Gasteiger partial charge in [0, 0.05) is 23.7 Å². The summed E-state index contributed by atoms with van der Waals surface area (Å²) in [6.07, 6.45) is 1.00. The fourth-order valence-electron chi connectivity index (χ4n) is 3.70. The van der Waals surface area contributed by atoms with E-state index in [0.29, 0.717) is 39.0 Å². The molecule has 0 bridgehead atoms. The number of likely N-dealkylation sites (tertiary alicyclic amines) is 1. The number of carbonyl (C=O) groups is 1. The minimum atomic E-state index is -0.00409. The lowest BCUT2D eigenvalue weighted by Crippen LogP contribution is -2.30. The second kappa shape index (κ2) is 7.29. The molecule has 1 atom stereocenters. The van der Waals surface area contributed by atoms with Crippen molar-refractivity contribution in [1.29, 1.82) is 0 Å². The molecule has 0 unspecified atom stereocenters. The van der Waals surface area contributed by atoms with Crippen LogP contribution >= 0.6 is 11.6 Å². The zero-order valence-corrected chi connectivity index (χ0v) is 16.1. The third kappa shape index (κ3) is 3.42. The minimum absolute atomic E-state index is 0.00409. The predicted octanol–water partition coefficient (Wildman–Crippen LogP) is 3.53. The van der Waals surface area contributed by atoms with Crippen LogP contribution in [0.15, 0.2) is 34.9 Å². The highest BCUT2D eigenvalue weighted by atomic mass is 35.5. The average molecular weight is 385 g/mol. The molecule has 4 rings (SSSR count). The third-order valence-corrected chi connectivity index (χ3v) is 5.27. The number of hydrogen-bond donors (Lipinski definition) is 1. The van der Waals surface area contributed by atoms with E-state index in [0.717, 1.165) is 31.6 Å². The molecule has 1 N–H and O–H groups in total. The minimum Gasteiger partial charge on any atom is -0.338 e. The van der Waals surface area contributed by atoms with Crippen LogP contribution in [-0.2, 0) is 0 Å². The van der Waals surface area contributed by atoms with E-state index >= 15 is 0 Å². The smallest absolute Gasteiger partial charge is 0.259 e. The molecule has 2 aromatic heterocycles. The lowest BCUT2D eigenvalue weighted by atomic mass is 10.0. The summed E-state index contributed by atoms with van der Waals surface area (Å²) >= 11 is 6.12. The average Bonchev–Trinajstić information content (AvgIpc) is 3.28. The highest BCUT2D eigenvalue weighted by Crippen LogP contribution is 2.30. The second-order valence-corrected chi connectivity index (χ2v) is 7.41. The maximum atomic E-state index is 13.3. The topological polar surface area (TPSA) is 71.3 Å². The largest absolute Gasteiger partial charge is 0.338 e. The summed E-state index contributed by atoms with van der Waals surface area (Å²) in [5.41, 5.74) is 3.11. The number of amides is 1. The molecule has 1 aromatic carbocycles. The number of rotatable bonds is 4. The number of nitrogens with zero attached hydrogens (tertiary/aromatic N) is 3. The van der Waals surface area contributed by atoms with Crippen LogP contribution in [-0.4, -0.2) is 47.6 Å². The van der Waals surface area contributed by atoms with Crippen LogP contribution in [0.2, 0.25) is 5.02 Å². The Kier molecular flexibility index (Phi) is 4.85. The van der Waals surface area contributed by atoms with Crippen molar-refractivity contribution in [3.8, 4) is 11.3 Å². The first-order valence-corrected chi connectivity index (χ1v) is 9.41. The van der Waals surface area contributed by atoms with Gasteiger partial charge in [-0.25, -0.2) is 4.98 Å². The summed E-state index contributed by atoms with van der Waals surface area (Å²) in [7, 11) is 1.94. The highest BCUT2D eigenvalue weighted by molar-refractivity contribution is 6.30. The van der Waals surface area contributed by atoms with Gasteiger partial charge in [-0.1, -0.05) is 28.9 Å². The Morgan fingerprint density at radius 2 is 2.26 bits per heavy atom. The van der Waals surface area contributed by atoms with Crippen LogP contribution < -0.4 is 5.32 Å². The summed E-state index contributed by atoms with van der Waals surface area (Å²) in [5.74, 6) is 0.475. The number of aryl methyl sites for hydroxylation is 1. The maximum absolute atomic E-state index is 13.3. The molecule has 0 radical (unpaired) electrons. The number of nitrogens with one attached hydrogen (secondary N) is 1. The fraction of sp³-hybridized carbons (Fsp3) is 0.350. The summed E-state index contributed by atoms with van der Waals surface area (Å²) in [6.45, 7) is 4.25. The number of fused-ring (bicyclic) bond motifs is 1. The Labute approximate surface area is 162 Å². The standard InChI is InChI=1S/C20H21ClN4O2/c1-12-18-16(20(26)25-7-6-13(11-25)10-22-2)9-17(23-19(18)27-24-12)14-4-3-5-15(21)8-14/h3-5,8-9,13,22H,6-7,10-11H2,1-2H3/t13-/m0/s1. The lowest BCUT2D eigenvalue weighted by molar-refractivity contribution is 0.0789. The molecule has 27 heavy (non-hydrogen) atoms. The lowest BCUT2D eigenvalue weighted by Gasteiger charge is -2.17. The molecule has 0 aliphatic carbocycles. The van der Waals surface area contributed by atoms with Crippen molar-refractivity contribution in [2.75, 3.05) is 26.7 Å². The first kappa shape index (κ1) is 17.9. The van der Waals surface area contributed by atoms with Gasteiger partial charge in [-0.3, -0.25) is 4.79 Å². The predicted molar refractivity (Wildman–Crippen MR) is 105 cm³/mol. The monoisotopic (exact) mass is 384 g/mol. The van der Waals surface area contributed by atoms with Crippen molar-refractivity contribution in [3.63, 3.8) is 0 Å². The van der Waals surface area contributed by atoms with Crippen LogP contribution in [0.4, 0.5) is 0 Å². The molecule has 1 fully saturated rings. The molecule has 1 aliphatic rings. The summed E-state index contributed by atoms with van der Waals surface area (Å²) in [6, 6.07) is 9.23. The van der Waals surface area contributed by atoms with Crippen molar-refractivity contribution >= 4 is 28.6 Å². The van der Waals surface area contributed by atoms with Gasteiger partial charge in [0.25, 0.3) is 11.6 Å². The first-order chi connectivity index (χ1) is 13.1. The van der Waals surface area contributed by atoms with Crippen LogP contribution in [0.25, 0.3) is 22.4 Å². The van der Waals surface area contributed by atoms with Crippen molar-refractivity contribution in [3.05, 3.63) is 46.6 Å². The molecule has 140 valence electrons. The van der Waals surface area contributed by atoms with Crippen LogP contribution in [0.1, 0.15) is 22.5 Å². The molecule has 3 aromatic rings. The Hall–Kier alpha value is -2.44. The van der Waals surface area contributed by atoms with E-state index < -0.39 is 0 Å². The molecule has 6 nitrogen and oxygen atoms in total. The van der Waals surface area contributed by atoms with Crippen molar-refractivity contribution in [2.45, 2.75) is 13.3 Å². The van der Waals surface area contributed by atoms with Gasteiger partial charge in [0.15, 0.2) is 0 Å². The number of aromatic nitrogens is 2. The van der Waals surface area contributed by atoms with Crippen LogP contribution in [0.5, 0.6) is 0 Å². The summed E-state index contributed by atoms with van der Waals surface area (Å²) in [4.78, 5) is 19.8. The molecular formula is C20H21ClN4O2. The highest BCUT2D eigenvalue weighted by Gasteiger charge is 2.29. The van der Waals surface area contributed by atoms with Crippen LogP contribution in [0, 0.1) is 12.8 Å². The van der Waals surface area contributed by atoms with Gasteiger partial charge in [0.05, 0.1) is 22.3 Å². The summed E-state index contributed by atoms with van der Waals surface area (Å²) in [5, 5.41) is 8.51. The third-order valence-electron chi connectivity index (χ3n) is 5.03. The number of pyridine rings is 1. The molecule has 0 saturated carbocycles. The van der Waals surface area contributed by atoms with Crippen LogP contribution in [0.3, 0.4) is 0 Å². The number of benzene rings is 1. The number of carbonyl (C=O) groups excluding carboxylic acids is 1. The van der Waals surface area contributed by atoms with Gasteiger partial charge in [0.1, 0.15) is 0 Å². The van der Waals surface area contributed by atoms with Gasteiger partial charge in [-0.05, 0) is 51.1 Å². The maximum Gasteiger partial charge on any atom is 0.259 e. The Bertz CT molecular complexity index is 1000. The van der Waals surface area contributed by atoms with E-state index in [1.165, 1.54) is 0 Å². The van der Waals surface area contributed by atoms with Gasteiger partial charge in [0.2, 0.25) is 0 Å². The number of hydrogen-bond acceptors (Lipinski definition) is 5. The van der Waals surface area contributed by atoms with Gasteiger partial charge < -0.3 is 14.7 Å². The molecule has 0 spiro atoms. The molecular weight excluding hydrogens is 364 g/mol. The zero-order valence-electron chi connectivity index (χ0n) is 15.3. The van der Waals surface area contributed by atoms with E-state index in [2.05, 4.69) is 15.5 Å². The number of halogens is 1. The van der Waals surface area contributed by atoms with Crippen molar-refractivity contribution in [1.82, 2.24) is 20.4 Å². The van der Waals surface area contributed by atoms with Crippen molar-refractivity contribution in [2.24, 2.45) is 5.92 Å². The first-order valence-electron chi connectivity index (χ1n) is 9.03.